The summed E-state index contributed by atoms with van der Waals surface area (Å²) in [5.41, 5.74) is 2.99. The van der Waals surface area contributed by atoms with Gasteiger partial charge in [0.25, 0.3) is 0 Å². The van der Waals surface area contributed by atoms with Crippen molar-refractivity contribution in [3.8, 4) is 11.4 Å². The SMILES string of the molecule is C=CCn1c(SCC(=O)NCc2ccc(C)cc2)nnc1-c1ccc(F)cc1. The summed E-state index contributed by atoms with van der Waals surface area (Å²) < 4.78 is 15.0. The Hall–Kier alpha value is -2.93. The summed E-state index contributed by atoms with van der Waals surface area (Å²) in [4.78, 5) is 12.2. The number of aromatic nitrogens is 3. The Morgan fingerprint density at radius 3 is 2.57 bits per heavy atom. The van der Waals surface area contributed by atoms with E-state index >= 15 is 0 Å². The van der Waals surface area contributed by atoms with E-state index in [9.17, 15) is 9.18 Å². The smallest absolute Gasteiger partial charge is 0.230 e. The van der Waals surface area contributed by atoms with E-state index in [1.165, 1.54) is 29.5 Å². The van der Waals surface area contributed by atoms with Gasteiger partial charge in [-0.05, 0) is 36.8 Å². The van der Waals surface area contributed by atoms with Crippen LogP contribution >= 0.6 is 11.8 Å². The Kier molecular flexibility index (Phi) is 6.60. The van der Waals surface area contributed by atoms with Gasteiger partial charge in [0.05, 0.1) is 5.75 Å². The first-order valence-electron chi connectivity index (χ1n) is 8.82. The van der Waals surface area contributed by atoms with Crippen LogP contribution in [0.2, 0.25) is 0 Å². The number of nitrogens with zero attached hydrogens (tertiary/aromatic N) is 3. The van der Waals surface area contributed by atoms with Gasteiger partial charge in [0.2, 0.25) is 5.91 Å². The number of benzene rings is 2. The van der Waals surface area contributed by atoms with Gasteiger partial charge in [0.1, 0.15) is 5.82 Å². The molecule has 1 amide bonds. The van der Waals surface area contributed by atoms with Gasteiger partial charge in [-0.25, -0.2) is 4.39 Å². The van der Waals surface area contributed by atoms with E-state index in [4.69, 9.17) is 0 Å². The summed E-state index contributed by atoms with van der Waals surface area (Å²) in [5, 5.41) is 11.9. The molecule has 0 unspecified atom stereocenters. The largest absolute Gasteiger partial charge is 0.351 e. The lowest BCUT2D eigenvalue weighted by Gasteiger charge is -2.08. The highest BCUT2D eigenvalue weighted by Crippen LogP contribution is 2.24. The average molecular weight is 396 g/mol. The van der Waals surface area contributed by atoms with Crippen molar-refractivity contribution in [2.45, 2.75) is 25.2 Å². The number of thioether (sulfide) groups is 1. The van der Waals surface area contributed by atoms with E-state index in [0.29, 0.717) is 24.1 Å². The molecule has 0 spiro atoms. The highest BCUT2D eigenvalue weighted by molar-refractivity contribution is 7.99. The number of carbonyl (C=O) groups is 1. The van der Waals surface area contributed by atoms with Crippen LogP contribution in [0.5, 0.6) is 0 Å². The zero-order valence-electron chi connectivity index (χ0n) is 15.6. The maximum atomic E-state index is 13.2. The first-order valence-corrected chi connectivity index (χ1v) is 9.80. The van der Waals surface area contributed by atoms with Gasteiger partial charge < -0.3 is 5.32 Å². The molecule has 0 saturated heterocycles. The lowest BCUT2D eigenvalue weighted by Crippen LogP contribution is -2.24. The lowest BCUT2D eigenvalue weighted by molar-refractivity contribution is -0.118. The molecule has 2 aromatic carbocycles. The second-order valence-electron chi connectivity index (χ2n) is 6.26. The fourth-order valence-corrected chi connectivity index (χ4v) is 3.37. The van der Waals surface area contributed by atoms with Gasteiger partial charge in [0.15, 0.2) is 11.0 Å². The van der Waals surface area contributed by atoms with Gasteiger partial charge >= 0.3 is 0 Å². The summed E-state index contributed by atoms with van der Waals surface area (Å²) in [6, 6.07) is 14.1. The van der Waals surface area contributed by atoms with E-state index < -0.39 is 0 Å². The van der Waals surface area contributed by atoms with Crippen LogP contribution in [0.1, 0.15) is 11.1 Å². The number of halogens is 1. The summed E-state index contributed by atoms with van der Waals surface area (Å²) in [6.07, 6.45) is 1.73. The molecule has 0 aliphatic heterocycles. The van der Waals surface area contributed by atoms with Crippen LogP contribution in [0.15, 0.2) is 66.3 Å². The van der Waals surface area contributed by atoms with Crippen LogP contribution in [-0.4, -0.2) is 26.4 Å². The molecule has 1 heterocycles. The van der Waals surface area contributed by atoms with E-state index in [2.05, 4.69) is 22.1 Å². The first kappa shape index (κ1) is 19.8. The molecule has 0 saturated carbocycles. The molecule has 0 atom stereocenters. The highest BCUT2D eigenvalue weighted by Gasteiger charge is 2.15. The number of hydrogen-bond acceptors (Lipinski definition) is 4. The van der Waals surface area contributed by atoms with Crippen LogP contribution in [0.4, 0.5) is 4.39 Å². The Balaban J connectivity index is 1.63. The van der Waals surface area contributed by atoms with Gasteiger partial charge in [-0.3, -0.25) is 9.36 Å². The third-order valence-electron chi connectivity index (χ3n) is 4.07. The molecule has 3 rings (SSSR count). The number of amides is 1. The Labute approximate surface area is 167 Å². The lowest BCUT2D eigenvalue weighted by atomic mass is 10.1. The third kappa shape index (κ3) is 5.07. The van der Waals surface area contributed by atoms with Crippen molar-refractivity contribution < 1.29 is 9.18 Å². The Morgan fingerprint density at radius 1 is 1.18 bits per heavy atom. The van der Waals surface area contributed by atoms with Crippen LogP contribution < -0.4 is 5.32 Å². The summed E-state index contributed by atoms with van der Waals surface area (Å²) in [7, 11) is 0. The second kappa shape index (κ2) is 9.32. The predicted octanol–water partition coefficient (Wildman–Crippen LogP) is 3.99. The zero-order chi connectivity index (χ0) is 19.9. The first-order chi connectivity index (χ1) is 13.6. The van der Waals surface area contributed by atoms with Gasteiger partial charge in [0, 0.05) is 18.7 Å². The zero-order valence-corrected chi connectivity index (χ0v) is 16.4. The minimum atomic E-state index is -0.307. The normalized spacial score (nSPS) is 10.6. The molecule has 28 heavy (non-hydrogen) atoms. The van der Waals surface area contributed by atoms with Crippen LogP contribution in [-0.2, 0) is 17.9 Å². The minimum Gasteiger partial charge on any atom is -0.351 e. The fourth-order valence-electron chi connectivity index (χ4n) is 2.59. The summed E-state index contributed by atoms with van der Waals surface area (Å²) in [5.74, 6) is 0.452. The van der Waals surface area contributed by atoms with Crippen LogP contribution in [0.3, 0.4) is 0 Å². The van der Waals surface area contributed by atoms with Crippen molar-refractivity contribution in [3.63, 3.8) is 0 Å². The topological polar surface area (TPSA) is 59.8 Å². The molecule has 0 aliphatic rings. The van der Waals surface area contributed by atoms with E-state index in [1.54, 1.807) is 18.2 Å². The highest BCUT2D eigenvalue weighted by atomic mass is 32.2. The molecule has 1 N–H and O–H groups in total. The molecule has 3 aromatic rings. The Morgan fingerprint density at radius 2 is 1.89 bits per heavy atom. The third-order valence-corrected chi connectivity index (χ3v) is 5.04. The molecule has 0 aliphatic carbocycles. The monoisotopic (exact) mass is 396 g/mol. The van der Waals surface area contributed by atoms with Crippen molar-refractivity contribution in [1.29, 1.82) is 0 Å². The second-order valence-corrected chi connectivity index (χ2v) is 7.21. The van der Waals surface area contributed by atoms with Crippen molar-refractivity contribution >= 4 is 17.7 Å². The van der Waals surface area contributed by atoms with Gasteiger partial charge in [-0.2, -0.15) is 0 Å². The van der Waals surface area contributed by atoms with Crippen LogP contribution in [0.25, 0.3) is 11.4 Å². The van der Waals surface area contributed by atoms with Crippen LogP contribution in [0, 0.1) is 12.7 Å². The van der Waals surface area contributed by atoms with Gasteiger partial charge in [-0.15, -0.1) is 16.8 Å². The molecule has 7 heteroatoms. The number of hydrogen-bond donors (Lipinski definition) is 1. The van der Waals surface area contributed by atoms with E-state index in [-0.39, 0.29) is 17.5 Å². The maximum absolute atomic E-state index is 13.2. The fraction of sp³-hybridized carbons (Fsp3) is 0.190. The number of carbonyl (C=O) groups excluding carboxylic acids is 1. The average Bonchev–Trinajstić information content (AvgIpc) is 3.09. The predicted molar refractivity (Wildman–Crippen MR) is 109 cm³/mol. The molecule has 0 radical (unpaired) electrons. The van der Waals surface area contributed by atoms with Gasteiger partial charge in [-0.1, -0.05) is 47.7 Å². The van der Waals surface area contributed by atoms with Crippen molar-refractivity contribution in [3.05, 3.63) is 78.1 Å². The summed E-state index contributed by atoms with van der Waals surface area (Å²) >= 11 is 1.31. The molecule has 1 aromatic heterocycles. The molecule has 5 nitrogen and oxygen atoms in total. The Bertz CT molecular complexity index is 952. The van der Waals surface area contributed by atoms with E-state index in [0.717, 1.165) is 11.1 Å². The number of nitrogens with one attached hydrogen (secondary N) is 1. The standard InChI is InChI=1S/C21H21FN4OS/c1-3-12-26-20(17-8-10-18(22)11-9-17)24-25-21(26)28-14-19(27)23-13-16-6-4-15(2)5-7-16/h3-11H,1,12-14H2,2H3,(H,23,27). The number of allylic oxidation sites excluding steroid dienone is 1. The van der Waals surface area contributed by atoms with E-state index in [1.807, 2.05) is 35.8 Å². The van der Waals surface area contributed by atoms with Crippen molar-refractivity contribution in [1.82, 2.24) is 20.1 Å². The minimum absolute atomic E-state index is 0.0814. The number of aryl methyl sites for hydroxylation is 1. The molecular weight excluding hydrogens is 375 g/mol. The summed E-state index contributed by atoms with van der Waals surface area (Å²) in [6.45, 7) is 6.77. The number of rotatable bonds is 8. The molecule has 144 valence electrons. The maximum Gasteiger partial charge on any atom is 0.230 e. The molecular formula is C21H21FN4OS. The van der Waals surface area contributed by atoms with Crippen molar-refractivity contribution in [2.75, 3.05) is 5.75 Å². The van der Waals surface area contributed by atoms with Crippen molar-refractivity contribution in [2.24, 2.45) is 0 Å². The quantitative estimate of drug-likeness (QED) is 0.462. The molecule has 0 bridgehead atoms. The molecule has 0 fully saturated rings.